The molecule has 0 bridgehead atoms. The van der Waals surface area contributed by atoms with Gasteiger partial charge in [-0.05, 0) is 59.9 Å². The van der Waals surface area contributed by atoms with Crippen molar-refractivity contribution in [3.05, 3.63) is 124 Å². The molecule has 1 unspecified atom stereocenters. The van der Waals surface area contributed by atoms with Gasteiger partial charge < -0.3 is 29.4 Å². The average molecular weight is 623 g/mol. The number of nitrogens with two attached hydrogens (primary N) is 1. The molecule has 4 aromatic carbocycles. The fourth-order valence-electron chi connectivity index (χ4n) is 5.06. The summed E-state index contributed by atoms with van der Waals surface area (Å²) in [5.74, 6) is 0.349. The Labute approximate surface area is 267 Å². The summed E-state index contributed by atoms with van der Waals surface area (Å²) in [6, 6.07) is 26.3. The fourth-order valence-corrected chi connectivity index (χ4v) is 5.06. The third kappa shape index (κ3) is 7.24. The molecule has 4 aromatic rings. The minimum Gasteiger partial charge on any atom is -0.490 e. The van der Waals surface area contributed by atoms with E-state index in [9.17, 15) is 14.4 Å². The first-order valence-electron chi connectivity index (χ1n) is 14.9. The Morgan fingerprint density at radius 2 is 1.67 bits per heavy atom. The maximum absolute atomic E-state index is 14.2. The molecule has 1 aliphatic heterocycles. The van der Waals surface area contributed by atoms with Crippen LogP contribution in [0.4, 0.5) is 4.39 Å². The molecule has 0 aliphatic carbocycles. The lowest BCUT2D eigenvalue weighted by atomic mass is 9.83. The summed E-state index contributed by atoms with van der Waals surface area (Å²) in [5.41, 5.74) is 9.32. The normalized spacial score (nSPS) is 14.0. The average Bonchev–Trinajstić information content (AvgIpc) is 3.03. The van der Waals surface area contributed by atoms with Crippen LogP contribution in [0.3, 0.4) is 0 Å². The Kier molecular flexibility index (Phi) is 9.47. The minimum absolute atomic E-state index is 0.00533. The first-order chi connectivity index (χ1) is 22.1. The van der Waals surface area contributed by atoms with Crippen molar-refractivity contribution >= 4 is 5.97 Å². The monoisotopic (exact) mass is 622 g/mol. The van der Waals surface area contributed by atoms with Crippen LogP contribution in [0.5, 0.6) is 28.7 Å². The molecule has 8 nitrogen and oxygen atoms in total. The highest BCUT2D eigenvalue weighted by Gasteiger charge is 2.32. The van der Waals surface area contributed by atoms with Gasteiger partial charge in [0, 0.05) is 17.2 Å². The second-order valence-corrected chi connectivity index (χ2v) is 11.7. The molecule has 1 atom stereocenters. The van der Waals surface area contributed by atoms with E-state index in [-0.39, 0.29) is 41.7 Å². The van der Waals surface area contributed by atoms with Crippen LogP contribution in [-0.2, 0) is 16.8 Å². The van der Waals surface area contributed by atoms with Crippen molar-refractivity contribution in [2.24, 2.45) is 5.73 Å². The van der Waals surface area contributed by atoms with Gasteiger partial charge in [0.05, 0.1) is 12.5 Å². The number of allylic oxidation sites excluding steroid dienone is 1. The van der Waals surface area contributed by atoms with Crippen molar-refractivity contribution in [3.8, 4) is 34.8 Å². The van der Waals surface area contributed by atoms with Crippen molar-refractivity contribution in [2.75, 3.05) is 13.2 Å². The van der Waals surface area contributed by atoms with Gasteiger partial charge >= 0.3 is 5.97 Å². The Bertz CT molecular complexity index is 1800. The molecular weight excluding hydrogens is 587 g/mol. The highest BCUT2D eigenvalue weighted by atomic mass is 19.1. The number of hydrogen-bond acceptors (Lipinski definition) is 8. The standard InChI is InChI=1S/C37H35FN2O6/c1-5-42-33-18-23(10-17-31(33)44-21-24-8-6-7-9-30(24)38)35-28-16-15-27(19-32(28)46-36(40)29(35)20-39)45-34(41)22-43-26-13-11-25(12-14-26)37(2,3)4/h6-19,35H,5,21-22,40H2,1-4H3. The van der Waals surface area contributed by atoms with Crippen molar-refractivity contribution in [1.29, 1.82) is 5.26 Å². The number of fused-ring (bicyclic) bond motifs is 1. The first-order valence-corrected chi connectivity index (χ1v) is 14.9. The van der Waals surface area contributed by atoms with E-state index in [4.69, 9.17) is 29.4 Å². The van der Waals surface area contributed by atoms with E-state index in [2.05, 4.69) is 26.8 Å². The Hall–Kier alpha value is -5.49. The Morgan fingerprint density at radius 1 is 0.935 bits per heavy atom. The lowest BCUT2D eigenvalue weighted by Gasteiger charge is -2.27. The number of ether oxygens (including phenoxy) is 5. The fraction of sp³-hybridized carbons (Fsp3) is 0.243. The molecule has 0 amide bonds. The van der Waals surface area contributed by atoms with Crippen LogP contribution in [-0.4, -0.2) is 19.2 Å². The van der Waals surface area contributed by atoms with Crippen LogP contribution in [0.2, 0.25) is 0 Å². The van der Waals surface area contributed by atoms with Crippen LogP contribution in [0.1, 0.15) is 55.9 Å². The smallest absolute Gasteiger partial charge is 0.349 e. The molecule has 236 valence electrons. The summed E-state index contributed by atoms with van der Waals surface area (Å²) in [7, 11) is 0. The number of esters is 1. The van der Waals surface area contributed by atoms with Gasteiger partial charge in [-0.15, -0.1) is 0 Å². The Morgan fingerprint density at radius 3 is 2.37 bits per heavy atom. The largest absolute Gasteiger partial charge is 0.490 e. The summed E-state index contributed by atoms with van der Waals surface area (Å²) < 4.78 is 42.9. The zero-order valence-electron chi connectivity index (χ0n) is 26.1. The molecule has 0 spiro atoms. The van der Waals surface area contributed by atoms with Crippen molar-refractivity contribution < 1.29 is 32.9 Å². The van der Waals surface area contributed by atoms with E-state index >= 15 is 0 Å². The molecule has 2 N–H and O–H groups in total. The summed E-state index contributed by atoms with van der Waals surface area (Å²) in [4.78, 5) is 12.6. The SMILES string of the molecule is CCOc1cc(C2C(C#N)=C(N)Oc3cc(OC(=O)COc4ccc(C(C)(C)C)cc4)ccc32)ccc1OCc1ccccc1F. The predicted molar refractivity (Wildman–Crippen MR) is 170 cm³/mol. The van der Waals surface area contributed by atoms with Crippen LogP contribution < -0.4 is 29.4 Å². The van der Waals surface area contributed by atoms with Crippen molar-refractivity contribution in [1.82, 2.24) is 0 Å². The molecule has 1 aliphatic rings. The molecule has 1 heterocycles. The summed E-state index contributed by atoms with van der Waals surface area (Å²) in [5, 5.41) is 10.0. The number of carbonyl (C=O) groups excluding carboxylic acids is 1. The number of hydrogen-bond donors (Lipinski definition) is 1. The lowest BCUT2D eigenvalue weighted by molar-refractivity contribution is -0.136. The molecule has 0 radical (unpaired) electrons. The molecule has 0 saturated heterocycles. The van der Waals surface area contributed by atoms with Gasteiger partial charge in [-0.2, -0.15) is 5.26 Å². The van der Waals surface area contributed by atoms with E-state index in [0.717, 1.165) is 5.56 Å². The zero-order valence-corrected chi connectivity index (χ0v) is 26.1. The molecule has 9 heteroatoms. The quantitative estimate of drug-likeness (QED) is 0.145. The third-order valence-electron chi connectivity index (χ3n) is 7.44. The maximum atomic E-state index is 14.2. The van der Waals surface area contributed by atoms with Crippen molar-refractivity contribution in [3.63, 3.8) is 0 Å². The number of halogens is 1. The highest BCUT2D eigenvalue weighted by molar-refractivity contribution is 5.74. The van der Waals surface area contributed by atoms with E-state index < -0.39 is 11.9 Å². The van der Waals surface area contributed by atoms with E-state index in [1.807, 2.05) is 31.2 Å². The summed E-state index contributed by atoms with van der Waals surface area (Å²) in [6.07, 6.45) is 0. The number of rotatable bonds is 10. The highest BCUT2D eigenvalue weighted by Crippen LogP contribution is 2.45. The van der Waals surface area contributed by atoms with E-state index in [0.29, 0.717) is 46.3 Å². The minimum atomic E-state index is -0.599. The van der Waals surface area contributed by atoms with Gasteiger partial charge in [-0.25, -0.2) is 9.18 Å². The second kappa shape index (κ2) is 13.7. The van der Waals surface area contributed by atoms with Crippen LogP contribution >= 0.6 is 0 Å². The molecule has 46 heavy (non-hydrogen) atoms. The zero-order chi connectivity index (χ0) is 32.8. The first kappa shape index (κ1) is 31.9. The molecule has 0 fully saturated rings. The number of carbonyl (C=O) groups is 1. The van der Waals surface area contributed by atoms with Crippen LogP contribution in [0, 0.1) is 17.1 Å². The predicted octanol–water partition coefficient (Wildman–Crippen LogP) is 7.30. The second-order valence-electron chi connectivity index (χ2n) is 11.7. The summed E-state index contributed by atoms with van der Waals surface area (Å²) >= 11 is 0. The van der Waals surface area contributed by atoms with Gasteiger partial charge in [0.2, 0.25) is 5.88 Å². The van der Waals surface area contributed by atoms with E-state index in [1.54, 1.807) is 54.6 Å². The topological polar surface area (TPSA) is 113 Å². The van der Waals surface area contributed by atoms with Crippen molar-refractivity contribution in [2.45, 2.75) is 45.6 Å². The number of nitriles is 1. The number of benzene rings is 4. The van der Waals surface area contributed by atoms with Gasteiger partial charge in [-0.3, -0.25) is 0 Å². The van der Waals surface area contributed by atoms with E-state index in [1.165, 1.54) is 6.07 Å². The van der Waals surface area contributed by atoms with Gasteiger partial charge in [0.1, 0.15) is 41.3 Å². The lowest BCUT2D eigenvalue weighted by Crippen LogP contribution is -2.22. The van der Waals surface area contributed by atoms with Gasteiger partial charge in [0.15, 0.2) is 18.1 Å². The van der Waals surface area contributed by atoms with Crippen LogP contribution in [0.15, 0.2) is 96.4 Å². The third-order valence-corrected chi connectivity index (χ3v) is 7.44. The number of nitrogens with zero attached hydrogens (tertiary/aromatic N) is 1. The van der Waals surface area contributed by atoms with Gasteiger partial charge in [-0.1, -0.05) is 63.2 Å². The molecule has 0 aromatic heterocycles. The Balaban J connectivity index is 1.34. The van der Waals surface area contributed by atoms with Gasteiger partial charge in [0.25, 0.3) is 0 Å². The molecular formula is C37H35FN2O6. The molecule has 5 rings (SSSR count). The maximum Gasteiger partial charge on any atom is 0.349 e. The molecule has 0 saturated carbocycles. The summed E-state index contributed by atoms with van der Waals surface area (Å²) in [6.45, 7) is 8.28. The van der Waals surface area contributed by atoms with Crippen LogP contribution in [0.25, 0.3) is 0 Å².